The smallest absolute Gasteiger partial charge is 0.263 e. The molecule has 6 nitrogen and oxygen atoms in total. The van der Waals surface area contributed by atoms with E-state index in [1.54, 1.807) is 35.1 Å². The Morgan fingerprint density at radius 2 is 1.81 bits per heavy atom. The van der Waals surface area contributed by atoms with Crippen molar-refractivity contribution in [1.29, 1.82) is 0 Å². The zero-order chi connectivity index (χ0) is 19.7. The third-order valence-electron chi connectivity index (χ3n) is 3.95. The summed E-state index contributed by atoms with van der Waals surface area (Å²) in [4.78, 5) is 4.32. The molecule has 0 saturated carbocycles. The van der Waals surface area contributed by atoms with Gasteiger partial charge in [-0.3, -0.25) is 9.71 Å². The van der Waals surface area contributed by atoms with Crippen LogP contribution in [0.5, 0.6) is 0 Å². The van der Waals surface area contributed by atoms with E-state index in [2.05, 4.69) is 14.8 Å². The Kier molecular flexibility index (Phi) is 5.26. The van der Waals surface area contributed by atoms with Crippen LogP contribution in [0.2, 0.25) is 5.02 Å². The summed E-state index contributed by atoms with van der Waals surface area (Å²) in [5, 5.41) is 4.76. The average Bonchev–Trinajstić information content (AvgIpc) is 2.98. The van der Waals surface area contributed by atoms with Crippen LogP contribution in [0.1, 0.15) is 32.2 Å². The molecule has 2 aromatic heterocycles. The predicted octanol–water partition coefficient (Wildman–Crippen LogP) is 4.08. The summed E-state index contributed by atoms with van der Waals surface area (Å²) < 4.78 is 29.9. The molecule has 0 bridgehead atoms. The molecular formula is C19H21ClN4O2S. The van der Waals surface area contributed by atoms with Gasteiger partial charge in [0.25, 0.3) is 10.0 Å². The molecule has 142 valence electrons. The van der Waals surface area contributed by atoms with Gasteiger partial charge in [-0.1, -0.05) is 50.6 Å². The van der Waals surface area contributed by atoms with Crippen molar-refractivity contribution in [2.24, 2.45) is 0 Å². The summed E-state index contributed by atoms with van der Waals surface area (Å²) in [7, 11) is -3.85. The lowest BCUT2D eigenvalue weighted by Crippen LogP contribution is -2.17. The van der Waals surface area contributed by atoms with Crippen LogP contribution in [0, 0.1) is 0 Å². The van der Waals surface area contributed by atoms with Gasteiger partial charge in [0.2, 0.25) is 0 Å². The summed E-state index contributed by atoms with van der Waals surface area (Å²) >= 11 is 6.07. The van der Waals surface area contributed by atoms with E-state index in [1.165, 1.54) is 6.07 Å². The van der Waals surface area contributed by atoms with Gasteiger partial charge in [0.15, 0.2) is 0 Å². The van der Waals surface area contributed by atoms with Crippen LogP contribution in [0.4, 0.5) is 5.82 Å². The van der Waals surface area contributed by atoms with E-state index in [9.17, 15) is 8.42 Å². The second-order valence-corrected chi connectivity index (χ2v) is 9.24. The van der Waals surface area contributed by atoms with Gasteiger partial charge in [0, 0.05) is 17.7 Å². The highest BCUT2D eigenvalue weighted by Gasteiger charge is 2.24. The zero-order valence-electron chi connectivity index (χ0n) is 15.3. The molecule has 3 rings (SSSR count). The first-order chi connectivity index (χ1) is 12.7. The standard InChI is InChI=1S/C19H21ClN4O2S/c1-19(2,3)17-12-18(24(22-17)13-14-8-6-7-11-21-14)23-27(25,26)16-10-5-4-9-15(16)20/h4-12,23H,13H2,1-3H3. The largest absolute Gasteiger partial charge is 0.264 e. The van der Waals surface area contributed by atoms with E-state index in [1.807, 2.05) is 39.0 Å². The molecule has 8 heteroatoms. The van der Waals surface area contributed by atoms with E-state index in [4.69, 9.17) is 11.6 Å². The maximum absolute atomic E-state index is 12.8. The van der Waals surface area contributed by atoms with E-state index >= 15 is 0 Å². The van der Waals surface area contributed by atoms with Gasteiger partial charge in [-0.25, -0.2) is 13.1 Å². The van der Waals surface area contributed by atoms with Crippen molar-refractivity contribution >= 4 is 27.4 Å². The molecule has 0 spiro atoms. The number of halogens is 1. The van der Waals surface area contributed by atoms with Crippen LogP contribution in [-0.2, 0) is 22.0 Å². The Bertz CT molecular complexity index is 1040. The Morgan fingerprint density at radius 3 is 2.44 bits per heavy atom. The molecule has 1 aromatic carbocycles. The number of aromatic nitrogens is 3. The topological polar surface area (TPSA) is 76.9 Å². The molecule has 0 aliphatic rings. The Balaban J connectivity index is 2.01. The monoisotopic (exact) mass is 404 g/mol. The van der Waals surface area contributed by atoms with Crippen molar-refractivity contribution in [2.75, 3.05) is 4.72 Å². The Morgan fingerprint density at radius 1 is 1.11 bits per heavy atom. The summed E-state index contributed by atoms with van der Waals surface area (Å²) in [5.41, 5.74) is 1.31. The molecular weight excluding hydrogens is 384 g/mol. The number of hydrogen-bond acceptors (Lipinski definition) is 4. The molecule has 0 unspecified atom stereocenters. The summed E-state index contributed by atoms with van der Waals surface area (Å²) in [5.74, 6) is 0.366. The molecule has 0 atom stereocenters. The van der Waals surface area contributed by atoms with Gasteiger partial charge in [0.1, 0.15) is 10.7 Å². The summed E-state index contributed by atoms with van der Waals surface area (Å²) in [6.45, 7) is 6.41. The number of benzene rings is 1. The Labute approximate surface area is 164 Å². The predicted molar refractivity (Wildman–Crippen MR) is 107 cm³/mol. The number of pyridine rings is 1. The fourth-order valence-electron chi connectivity index (χ4n) is 2.49. The van der Waals surface area contributed by atoms with Crippen molar-refractivity contribution in [3.63, 3.8) is 0 Å². The van der Waals surface area contributed by atoms with Crippen molar-refractivity contribution in [1.82, 2.24) is 14.8 Å². The molecule has 0 saturated heterocycles. The quantitative estimate of drug-likeness (QED) is 0.695. The minimum Gasteiger partial charge on any atom is -0.263 e. The van der Waals surface area contributed by atoms with Gasteiger partial charge in [-0.2, -0.15) is 5.10 Å². The first kappa shape index (κ1) is 19.4. The molecule has 2 heterocycles. The van der Waals surface area contributed by atoms with E-state index in [0.717, 1.165) is 11.4 Å². The highest BCUT2D eigenvalue weighted by atomic mass is 35.5. The van der Waals surface area contributed by atoms with Crippen molar-refractivity contribution in [3.05, 3.63) is 71.1 Å². The molecule has 1 N–H and O–H groups in total. The number of nitrogens with zero attached hydrogens (tertiary/aromatic N) is 3. The summed E-state index contributed by atoms with van der Waals surface area (Å²) in [6, 6.07) is 13.6. The molecule has 27 heavy (non-hydrogen) atoms. The van der Waals surface area contributed by atoms with Gasteiger partial charge in [0.05, 0.1) is 23.0 Å². The number of rotatable bonds is 5. The number of anilines is 1. The fraction of sp³-hybridized carbons (Fsp3) is 0.263. The molecule has 3 aromatic rings. The number of nitrogens with one attached hydrogen (secondary N) is 1. The fourth-order valence-corrected chi connectivity index (χ4v) is 4.06. The van der Waals surface area contributed by atoms with E-state index in [-0.39, 0.29) is 15.3 Å². The highest BCUT2D eigenvalue weighted by Crippen LogP contribution is 2.27. The lowest BCUT2D eigenvalue weighted by Gasteiger charge is -2.14. The normalized spacial score (nSPS) is 12.1. The van der Waals surface area contributed by atoms with Crippen molar-refractivity contribution in [2.45, 2.75) is 37.6 Å². The van der Waals surface area contributed by atoms with Crippen LogP contribution in [0.3, 0.4) is 0 Å². The maximum Gasteiger partial charge on any atom is 0.264 e. The number of sulfonamides is 1. The lowest BCUT2D eigenvalue weighted by atomic mass is 9.92. The van der Waals surface area contributed by atoms with Gasteiger partial charge in [-0.05, 0) is 24.3 Å². The average molecular weight is 405 g/mol. The molecule has 0 aliphatic carbocycles. The van der Waals surface area contributed by atoms with Crippen LogP contribution >= 0.6 is 11.6 Å². The third-order valence-corrected chi connectivity index (χ3v) is 5.81. The summed E-state index contributed by atoms with van der Waals surface area (Å²) in [6.07, 6.45) is 1.69. The number of hydrogen-bond donors (Lipinski definition) is 1. The Hall–Kier alpha value is -2.38. The first-order valence-corrected chi connectivity index (χ1v) is 10.3. The van der Waals surface area contributed by atoms with Gasteiger partial charge < -0.3 is 0 Å². The minimum atomic E-state index is -3.85. The maximum atomic E-state index is 12.8. The second-order valence-electron chi connectivity index (χ2n) is 7.18. The molecule has 0 fully saturated rings. The van der Waals surface area contributed by atoms with Crippen LogP contribution in [0.25, 0.3) is 0 Å². The van der Waals surface area contributed by atoms with Crippen LogP contribution in [0.15, 0.2) is 59.6 Å². The first-order valence-electron chi connectivity index (χ1n) is 8.42. The zero-order valence-corrected chi connectivity index (χ0v) is 16.9. The lowest BCUT2D eigenvalue weighted by molar-refractivity contribution is 0.544. The minimum absolute atomic E-state index is 0.0227. The molecule has 0 amide bonds. The molecule has 0 radical (unpaired) electrons. The van der Waals surface area contributed by atoms with Crippen molar-refractivity contribution in [3.8, 4) is 0 Å². The third kappa shape index (κ3) is 4.48. The van der Waals surface area contributed by atoms with Gasteiger partial charge >= 0.3 is 0 Å². The van der Waals surface area contributed by atoms with E-state index in [0.29, 0.717) is 12.4 Å². The SMILES string of the molecule is CC(C)(C)c1cc(NS(=O)(=O)c2ccccc2Cl)n(Cc2ccccn2)n1. The highest BCUT2D eigenvalue weighted by molar-refractivity contribution is 7.92. The van der Waals surface area contributed by atoms with E-state index < -0.39 is 10.0 Å². The van der Waals surface area contributed by atoms with Crippen molar-refractivity contribution < 1.29 is 8.42 Å². The van der Waals surface area contributed by atoms with Crippen LogP contribution < -0.4 is 4.72 Å². The molecule has 0 aliphatic heterocycles. The second kappa shape index (κ2) is 7.32. The van der Waals surface area contributed by atoms with Gasteiger partial charge in [-0.15, -0.1) is 0 Å². The van der Waals surface area contributed by atoms with Crippen LogP contribution in [-0.4, -0.2) is 23.2 Å².